The Morgan fingerprint density at radius 3 is 2.24 bits per heavy atom. The minimum Gasteiger partial charge on any atom is -0.468 e. The van der Waals surface area contributed by atoms with Crippen molar-refractivity contribution in [2.24, 2.45) is 0 Å². The van der Waals surface area contributed by atoms with Gasteiger partial charge in [0, 0.05) is 15.7 Å². The van der Waals surface area contributed by atoms with E-state index in [1.165, 1.54) is 7.11 Å². The number of anilines is 1. The highest BCUT2D eigenvalue weighted by atomic mass is 79.9. The van der Waals surface area contributed by atoms with Crippen molar-refractivity contribution in [1.29, 1.82) is 0 Å². The first-order valence-corrected chi connectivity index (χ1v) is 11.0. The molecule has 0 radical (unpaired) electrons. The third-order valence-electron chi connectivity index (χ3n) is 4.86. The van der Waals surface area contributed by atoms with Crippen molar-refractivity contribution < 1.29 is 19.1 Å². The fourth-order valence-electron chi connectivity index (χ4n) is 3.24. The third kappa shape index (κ3) is 7.00. The molecule has 1 atom stereocenters. The van der Waals surface area contributed by atoms with Crippen molar-refractivity contribution in [2.75, 3.05) is 25.5 Å². The fourth-order valence-corrected chi connectivity index (χ4v) is 3.62. The van der Waals surface area contributed by atoms with Crippen LogP contribution in [0.25, 0.3) is 0 Å². The highest BCUT2D eigenvalue weighted by Gasteiger charge is 2.20. The molecule has 0 saturated heterocycles. The minimum atomic E-state index is -0.403. The van der Waals surface area contributed by atoms with Crippen LogP contribution in [0.1, 0.15) is 27.5 Å². The lowest BCUT2D eigenvalue weighted by Gasteiger charge is -2.23. The van der Waals surface area contributed by atoms with Crippen LogP contribution in [-0.4, -0.2) is 38.0 Å². The van der Waals surface area contributed by atoms with Gasteiger partial charge in [0.25, 0.3) is 5.91 Å². The zero-order valence-electron chi connectivity index (χ0n) is 18.0. The maximum atomic E-state index is 12.6. The summed E-state index contributed by atoms with van der Waals surface area (Å²) in [5.41, 5.74) is 2.70. The molecule has 0 aliphatic carbocycles. The molecule has 3 aromatic rings. The maximum Gasteiger partial charge on any atom is 0.319 e. The summed E-state index contributed by atoms with van der Waals surface area (Å²) < 4.78 is 5.57. The molecule has 0 fully saturated rings. The molecule has 3 aromatic carbocycles. The number of rotatable bonds is 9. The average molecular weight is 510 g/mol. The van der Waals surface area contributed by atoms with Crippen LogP contribution < -0.4 is 16.0 Å². The minimum absolute atomic E-state index is 0.0108. The molecule has 2 amide bonds. The molecule has 7 nitrogen and oxygen atoms in total. The predicted molar refractivity (Wildman–Crippen MR) is 130 cm³/mol. The van der Waals surface area contributed by atoms with Gasteiger partial charge in [-0.05, 0) is 41.5 Å². The Balaban J connectivity index is 1.79. The highest BCUT2D eigenvalue weighted by molar-refractivity contribution is 9.10. The smallest absolute Gasteiger partial charge is 0.319 e. The lowest BCUT2D eigenvalue weighted by molar-refractivity contribution is -0.139. The van der Waals surface area contributed by atoms with Gasteiger partial charge in [-0.2, -0.15) is 0 Å². The number of carbonyl (C=O) groups is 3. The Bertz CT molecular complexity index is 1110. The van der Waals surface area contributed by atoms with Crippen LogP contribution in [0.5, 0.6) is 0 Å². The zero-order valence-corrected chi connectivity index (χ0v) is 19.6. The van der Waals surface area contributed by atoms with Gasteiger partial charge in [-0.3, -0.25) is 19.7 Å². The molecular formula is C25H24BrN3O4. The quantitative estimate of drug-likeness (QED) is 0.382. The molecule has 33 heavy (non-hydrogen) atoms. The molecule has 170 valence electrons. The lowest BCUT2D eigenvalue weighted by atomic mass is 9.97. The van der Waals surface area contributed by atoms with E-state index >= 15 is 0 Å². The third-order valence-corrected chi connectivity index (χ3v) is 5.35. The standard InChI is InChI=1S/C25H24BrN3O4/c1-33-23(31)16-27-24(17-8-4-2-5-9-17)20-14-19(26)12-13-21(20)29-22(30)15-28-25(32)18-10-6-3-7-11-18/h2-14,24,27H,15-16H2,1H3,(H,28,32)(H,29,30). The van der Waals surface area contributed by atoms with Crippen molar-refractivity contribution in [3.63, 3.8) is 0 Å². The van der Waals surface area contributed by atoms with E-state index in [4.69, 9.17) is 4.74 Å². The number of nitrogens with one attached hydrogen (secondary N) is 3. The van der Waals surface area contributed by atoms with Crippen molar-refractivity contribution in [2.45, 2.75) is 6.04 Å². The van der Waals surface area contributed by atoms with Gasteiger partial charge in [0.2, 0.25) is 5.91 Å². The van der Waals surface area contributed by atoms with Crippen LogP contribution in [0.3, 0.4) is 0 Å². The van der Waals surface area contributed by atoms with Crippen LogP contribution in [0.2, 0.25) is 0 Å². The number of carbonyl (C=O) groups excluding carboxylic acids is 3. The SMILES string of the molecule is COC(=O)CNC(c1ccccc1)c1cc(Br)ccc1NC(=O)CNC(=O)c1ccccc1. The molecule has 0 spiro atoms. The second-order valence-electron chi connectivity index (χ2n) is 7.13. The summed E-state index contributed by atoms with van der Waals surface area (Å²) in [6, 6.07) is 23.3. The number of ether oxygens (including phenoxy) is 1. The van der Waals surface area contributed by atoms with Gasteiger partial charge in [0.1, 0.15) is 0 Å². The monoisotopic (exact) mass is 509 g/mol. The van der Waals surface area contributed by atoms with Gasteiger partial charge in [-0.25, -0.2) is 0 Å². The molecule has 8 heteroatoms. The van der Waals surface area contributed by atoms with Crippen molar-refractivity contribution in [3.05, 3.63) is 100 Å². The van der Waals surface area contributed by atoms with E-state index in [2.05, 4.69) is 31.9 Å². The molecule has 0 heterocycles. The van der Waals surface area contributed by atoms with Crippen LogP contribution in [-0.2, 0) is 14.3 Å². The summed E-state index contributed by atoms with van der Waals surface area (Å²) in [6.07, 6.45) is 0. The van der Waals surface area contributed by atoms with Gasteiger partial charge in [0.05, 0.1) is 26.2 Å². The van der Waals surface area contributed by atoms with Gasteiger partial charge in [-0.15, -0.1) is 0 Å². The van der Waals surface area contributed by atoms with Gasteiger partial charge >= 0.3 is 5.97 Å². The molecule has 0 saturated carbocycles. The first-order valence-electron chi connectivity index (χ1n) is 10.3. The van der Waals surface area contributed by atoms with E-state index in [9.17, 15) is 14.4 Å². The lowest BCUT2D eigenvalue weighted by Crippen LogP contribution is -2.34. The number of amides is 2. The van der Waals surface area contributed by atoms with Crippen molar-refractivity contribution in [3.8, 4) is 0 Å². The molecule has 0 aromatic heterocycles. The van der Waals surface area contributed by atoms with Gasteiger partial charge in [0.15, 0.2) is 0 Å². The topological polar surface area (TPSA) is 96.5 Å². The summed E-state index contributed by atoms with van der Waals surface area (Å²) in [7, 11) is 1.33. The van der Waals surface area contributed by atoms with E-state index in [0.29, 0.717) is 11.3 Å². The first kappa shape index (κ1) is 24.2. The fraction of sp³-hybridized carbons (Fsp3) is 0.160. The van der Waals surface area contributed by atoms with Crippen molar-refractivity contribution in [1.82, 2.24) is 10.6 Å². The number of esters is 1. The van der Waals surface area contributed by atoms with Gasteiger partial charge < -0.3 is 15.4 Å². The number of halogens is 1. The van der Waals surface area contributed by atoms with E-state index < -0.39 is 12.0 Å². The maximum absolute atomic E-state index is 12.6. The molecular weight excluding hydrogens is 486 g/mol. The second-order valence-corrected chi connectivity index (χ2v) is 8.04. The molecule has 3 N–H and O–H groups in total. The van der Waals surface area contributed by atoms with Crippen molar-refractivity contribution >= 4 is 39.4 Å². The molecule has 0 bridgehead atoms. The number of benzene rings is 3. The Hall–Kier alpha value is -3.49. The predicted octanol–water partition coefficient (Wildman–Crippen LogP) is 3.67. The number of hydrogen-bond acceptors (Lipinski definition) is 5. The molecule has 0 aliphatic rings. The number of hydrogen-bond donors (Lipinski definition) is 3. The summed E-state index contributed by atoms with van der Waals surface area (Å²) in [4.78, 5) is 36.6. The van der Waals surface area contributed by atoms with E-state index in [1.807, 2.05) is 48.5 Å². The van der Waals surface area contributed by atoms with Crippen LogP contribution in [0, 0.1) is 0 Å². The Morgan fingerprint density at radius 1 is 0.909 bits per heavy atom. The Labute approximate surface area is 200 Å². The molecule has 1 unspecified atom stereocenters. The summed E-state index contributed by atoms with van der Waals surface area (Å²) in [5.74, 6) is -1.11. The zero-order chi connectivity index (χ0) is 23.6. The largest absolute Gasteiger partial charge is 0.468 e. The van der Waals surface area contributed by atoms with Crippen LogP contribution >= 0.6 is 15.9 Å². The van der Waals surface area contributed by atoms with Crippen LogP contribution in [0.15, 0.2) is 83.3 Å². The summed E-state index contributed by atoms with van der Waals surface area (Å²) in [5, 5.41) is 8.69. The molecule has 3 rings (SSSR count). The Morgan fingerprint density at radius 2 is 1.58 bits per heavy atom. The number of methoxy groups -OCH3 is 1. The summed E-state index contributed by atoms with van der Waals surface area (Å²) >= 11 is 3.48. The second kappa shape index (κ2) is 11.9. The summed E-state index contributed by atoms with van der Waals surface area (Å²) in [6.45, 7) is -0.197. The van der Waals surface area contributed by atoms with E-state index in [0.717, 1.165) is 15.6 Å². The normalized spacial score (nSPS) is 11.3. The first-order chi connectivity index (χ1) is 16.0. The molecule has 0 aliphatic heterocycles. The van der Waals surface area contributed by atoms with Crippen LogP contribution in [0.4, 0.5) is 5.69 Å². The average Bonchev–Trinajstić information content (AvgIpc) is 2.85. The van der Waals surface area contributed by atoms with E-state index in [-0.39, 0.29) is 24.9 Å². The Kier molecular flexibility index (Phi) is 8.74. The van der Waals surface area contributed by atoms with E-state index in [1.54, 1.807) is 30.3 Å². The highest BCUT2D eigenvalue weighted by Crippen LogP contribution is 2.31. The van der Waals surface area contributed by atoms with Gasteiger partial charge in [-0.1, -0.05) is 64.5 Å².